The highest BCUT2D eigenvalue weighted by molar-refractivity contribution is 6.02. The van der Waals surface area contributed by atoms with Crippen LogP contribution in [0.25, 0.3) is 34.3 Å². The summed E-state index contributed by atoms with van der Waals surface area (Å²) in [4.78, 5) is 93.0. The molecule has 9 aromatic rings. The van der Waals surface area contributed by atoms with E-state index in [2.05, 4.69) is 54.8 Å². The number of pyridine rings is 5. The first-order valence-corrected chi connectivity index (χ1v) is 32.5. The highest BCUT2D eigenvalue weighted by atomic mass is 19.4. The third-order valence-electron chi connectivity index (χ3n) is 19.7. The molecule has 0 N–H and O–H groups in total. The summed E-state index contributed by atoms with van der Waals surface area (Å²) in [7, 11) is 0. The molecule has 6 aliphatic rings. The fourth-order valence-corrected chi connectivity index (χ4v) is 15.3. The maximum atomic E-state index is 14.7. The Morgan fingerprint density at radius 3 is 1.27 bits per heavy atom. The van der Waals surface area contributed by atoms with Crippen LogP contribution in [0.3, 0.4) is 0 Å². The van der Waals surface area contributed by atoms with Gasteiger partial charge in [0.15, 0.2) is 17.5 Å². The number of carbonyl (C=O) groups is 3. The molecule has 9 atom stereocenters. The van der Waals surface area contributed by atoms with Crippen LogP contribution < -0.4 is 0 Å². The van der Waals surface area contributed by atoms with Crippen molar-refractivity contribution in [3.63, 3.8) is 0 Å². The molecule has 0 radical (unpaired) electrons. The van der Waals surface area contributed by atoms with E-state index >= 15 is 0 Å². The molecule has 27 heteroatoms. The van der Waals surface area contributed by atoms with E-state index in [9.17, 15) is 58.3 Å². The molecule has 6 saturated heterocycles. The normalized spacial score (nSPS) is 22.1. The van der Waals surface area contributed by atoms with Gasteiger partial charge in [0.1, 0.15) is 17.2 Å². The largest absolute Gasteiger partial charge is 0.417 e. The number of hydrogen-bond donors (Lipinski definition) is 0. The average Bonchev–Trinajstić information content (AvgIpc) is 1.63. The van der Waals surface area contributed by atoms with Gasteiger partial charge >= 0.3 is 18.5 Å². The molecular formula is C72H64F10N14O3. The highest BCUT2D eigenvalue weighted by Crippen LogP contribution is 2.48. The molecule has 9 unspecified atom stereocenters. The van der Waals surface area contributed by atoms with E-state index in [1.165, 1.54) is 42.7 Å². The van der Waals surface area contributed by atoms with Gasteiger partial charge in [0.05, 0.1) is 38.9 Å². The molecule has 1 aromatic carbocycles. The molecule has 6 fully saturated rings. The lowest BCUT2D eigenvalue weighted by Gasteiger charge is -2.25. The Hall–Kier alpha value is -10.1. The minimum atomic E-state index is -4.42. The molecule has 8 aromatic heterocycles. The third-order valence-corrected chi connectivity index (χ3v) is 19.7. The molecule has 3 amide bonds. The second-order valence-electron chi connectivity index (χ2n) is 25.9. The zero-order valence-corrected chi connectivity index (χ0v) is 53.4. The zero-order chi connectivity index (χ0) is 69.5. The van der Waals surface area contributed by atoms with Crippen molar-refractivity contribution < 1.29 is 58.3 Å². The lowest BCUT2D eigenvalue weighted by Crippen LogP contribution is -2.37. The Labute approximate surface area is 561 Å². The number of amides is 3. The van der Waals surface area contributed by atoms with Crippen LogP contribution in [0.15, 0.2) is 153 Å². The summed E-state index contributed by atoms with van der Waals surface area (Å²) in [6.45, 7) is 3.72. The van der Waals surface area contributed by atoms with Gasteiger partial charge in [-0.1, -0.05) is 6.07 Å². The average molecular weight is 1360 g/mol. The van der Waals surface area contributed by atoms with Gasteiger partial charge in [0.25, 0.3) is 17.7 Å². The summed E-state index contributed by atoms with van der Waals surface area (Å²) in [5.74, 6) is 0.322. The van der Waals surface area contributed by atoms with Crippen molar-refractivity contribution in [1.29, 1.82) is 0 Å². The summed E-state index contributed by atoms with van der Waals surface area (Å²) in [5.41, 5.74) is 3.27. The van der Waals surface area contributed by atoms with Gasteiger partial charge in [-0.3, -0.25) is 34.3 Å². The summed E-state index contributed by atoms with van der Waals surface area (Å²) in [6.07, 6.45) is 9.73. The van der Waals surface area contributed by atoms with Crippen molar-refractivity contribution in [3.8, 4) is 34.3 Å². The molecule has 0 saturated carbocycles. The summed E-state index contributed by atoms with van der Waals surface area (Å²) in [5, 5.41) is 0. The standard InChI is InChI=1S/C24H20F4N4O.2C24H22F3N5O/c25-19-4-1-3-18(21(19)22-29-9-2-10-30-22)23(33)32-17-7-8-20(32)14(12-17)11-16-6-5-15(13-31-16)24(26,27)28;1-14-3-7-19(22-28-9-2-10-29-22)21(31-14)23(33)32-18-6-8-20(32)15(12-18)11-17-5-4-16(13-30-17)24(25,26)27;1-14-9-19(21(31-12-14)22-28-7-2-8-29-22)23(33)32-18-5-6-20(32)15(11-18)10-17-4-3-16(13-30-17)24(25,26)27/h1-6,9-10,13-14,17,20H,7-8,11-12H2;2-5,7,9-10,13,15,18,20H,6,8,11-12H2,1H3;2-4,7-9,12-13,15,18,20H,5-6,10-11H2,1H3. The van der Waals surface area contributed by atoms with Crippen molar-refractivity contribution in [3.05, 3.63) is 221 Å². The maximum absolute atomic E-state index is 14.7. The van der Waals surface area contributed by atoms with Crippen LogP contribution in [0, 0.1) is 37.4 Å². The number of fused-ring (bicyclic) bond motifs is 6. The van der Waals surface area contributed by atoms with E-state index in [0.717, 1.165) is 106 Å². The Morgan fingerprint density at radius 1 is 0.434 bits per heavy atom. The number of aryl methyl sites for hydroxylation is 2. The lowest BCUT2D eigenvalue weighted by molar-refractivity contribution is -0.138. The molecular weight excluding hydrogens is 1300 g/mol. The highest BCUT2D eigenvalue weighted by Gasteiger charge is 2.52. The van der Waals surface area contributed by atoms with Gasteiger partial charge in [-0.25, -0.2) is 39.3 Å². The van der Waals surface area contributed by atoms with Crippen LogP contribution in [0.5, 0.6) is 0 Å². The molecule has 99 heavy (non-hydrogen) atoms. The quantitative estimate of drug-likeness (QED) is 0.104. The number of rotatable bonds is 12. The van der Waals surface area contributed by atoms with E-state index in [-0.39, 0.29) is 88.7 Å². The number of nitrogens with zero attached hydrogens (tertiary/aromatic N) is 14. The molecule has 17 nitrogen and oxygen atoms in total. The number of halogens is 10. The molecule has 14 heterocycles. The molecule has 510 valence electrons. The monoisotopic (exact) mass is 1360 g/mol. The molecule has 0 aliphatic carbocycles. The minimum absolute atomic E-state index is 0.00903. The number of alkyl halides is 9. The second kappa shape index (κ2) is 27.7. The summed E-state index contributed by atoms with van der Waals surface area (Å²) < 4.78 is 130. The van der Waals surface area contributed by atoms with Gasteiger partial charge in [-0.15, -0.1) is 0 Å². The van der Waals surface area contributed by atoms with Crippen LogP contribution >= 0.6 is 0 Å². The third kappa shape index (κ3) is 14.3. The minimum Gasteiger partial charge on any atom is -0.332 e. The Balaban J connectivity index is 0.000000133. The van der Waals surface area contributed by atoms with Gasteiger partial charge in [0.2, 0.25) is 0 Å². The van der Waals surface area contributed by atoms with Gasteiger partial charge in [-0.05, 0) is 199 Å². The Morgan fingerprint density at radius 2 is 0.848 bits per heavy atom. The van der Waals surface area contributed by atoms with Gasteiger partial charge < -0.3 is 14.7 Å². The predicted octanol–water partition coefficient (Wildman–Crippen LogP) is 13.9. The summed E-state index contributed by atoms with van der Waals surface area (Å²) >= 11 is 0. The van der Waals surface area contributed by atoms with Crippen molar-refractivity contribution in [1.82, 2.24) is 69.5 Å². The fraction of sp³-hybridized carbons (Fsp3) is 0.361. The first-order chi connectivity index (χ1) is 47.4. The van der Waals surface area contributed by atoms with Crippen LogP contribution in [0.4, 0.5) is 43.9 Å². The van der Waals surface area contributed by atoms with Crippen LogP contribution in [-0.4, -0.2) is 123 Å². The fourth-order valence-electron chi connectivity index (χ4n) is 15.3. The number of hydrogen-bond acceptors (Lipinski definition) is 14. The van der Waals surface area contributed by atoms with E-state index in [0.29, 0.717) is 70.5 Å². The van der Waals surface area contributed by atoms with E-state index in [1.807, 2.05) is 46.7 Å². The van der Waals surface area contributed by atoms with Gasteiger partial charge in [0, 0.05) is 121 Å². The Kier molecular flexibility index (Phi) is 18.9. The van der Waals surface area contributed by atoms with Crippen molar-refractivity contribution >= 4 is 17.7 Å². The second-order valence-corrected chi connectivity index (χ2v) is 25.9. The maximum Gasteiger partial charge on any atom is 0.417 e. The van der Waals surface area contributed by atoms with Gasteiger partial charge in [-0.2, -0.15) is 39.5 Å². The first kappa shape index (κ1) is 67.5. The van der Waals surface area contributed by atoms with Crippen molar-refractivity contribution in [2.24, 2.45) is 17.8 Å². The van der Waals surface area contributed by atoms with Crippen LogP contribution in [-0.2, 0) is 37.8 Å². The zero-order valence-electron chi connectivity index (χ0n) is 53.4. The Bertz CT molecular complexity index is 4060. The van der Waals surface area contributed by atoms with Crippen molar-refractivity contribution in [2.75, 3.05) is 0 Å². The number of benzene rings is 1. The van der Waals surface area contributed by atoms with E-state index in [4.69, 9.17) is 0 Å². The predicted molar refractivity (Wildman–Crippen MR) is 340 cm³/mol. The van der Waals surface area contributed by atoms with E-state index < -0.39 is 41.0 Å². The smallest absolute Gasteiger partial charge is 0.332 e. The van der Waals surface area contributed by atoms with Crippen molar-refractivity contribution in [2.45, 2.75) is 146 Å². The molecule has 6 bridgehead atoms. The first-order valence-electron chi connectivity index (χ1n) is 32.5. The molecule has 6 aliphatic heterocycles. The van der Waals surface area contributed by atoms with Crippen LogP contribution in [0.1, 0.15) is 134 Å². The summed E-state index contributed by atoms with van der Waals surface area (Å²) in [6, 6.07) is 22.5. The van der Waals surface area contributed by atoms with E-state index in [1.54, 1.807) is 55.2 Å². The number of aromatic nitrogens is 11. The molecule has 15 rings (SSSR count). The lowest BCUT2D eigenvalue weighted by atomic mass is 9.86. The molecule has 0 spiro atoms. The SMILES string of the molecule is Cc1ccc(-c2ncccn2)c(C(=O)N2C3CCC2C(Cc2ccc(C(F)(F)F)cn2)C3)n1.Cc1cnc(-c2ncccn2)c(C(=O)N2C3CCC2C(Cc2ccc(C(F)(F)F)cn2)C3)c1.O=C(c1cccc(F)c1-c1ncccn1)N1C2CCC1C(Cc1ccc(C(F)(F)F)cn1)C2. The topological polar surface area (TPSA) is 203 Å². The van der Waals surface area contributed by atoms with Crippen LogP contribution in [0.2, 0.25) is 0 Å². The number of carbonyl (C=O) groups excluding carboxylic acids is 3.